The molecule has 118 valence electrons. The van der Waals surface area contributed by atoms with Gasteiger partial charge in [-0.15, -0.1) is 0 Å². The van der Waals surface area contributed by atoms with E-state index >= 15 is 0 Å². The highest BCUT2D eigenvalue weighted by Crippen LogP contribution is 2.35. The third kappa shape index (κ3) is 2.36. The van der Waals surface area contributed by atoms with Gasteiger partial charge in [-0.1, -0.05) is 12.8 Å². The lowest BCUT2D eigenvalue weighted by Gasteiger charge is -2.34. The van der Waals surface area contributed by atoms with Gasteiger partial charge in [0.05, 0.1) is 24.6 Å². The Kier molecular flexibility index (Phi) is 3.70. The van der Waals surface area contributed by atoms with E-state index in [0.29, 0.717) is 17.4 Å². The lowest BCUT2D eigenvalue weighted by atomic mass is 10.2. The minimum absolute atomic E-state index is 0.303. The number of hydrogen-bond donors (Lipinski definition) is 0. The molecule has 1 saturated heterocycles. The van der Waals surface area contributed by atoms with Crippen molar-refractivity contribution in [3.8, 4) is 0 Å². The molecule has 2 aromatic heterocycles. The Morgan fingerprint density at radius 3 is 2.86 bits per heavy atom. The Bertz CT molecular complexity index is 680. The van der Waals surface area contributed by atoms with Gasteiger partial charge >= 0.3 is 0 Å². The highest BCUT2D eigenvalue weighted by molar-refractivity contribution is 6.28. The van der Waals surface area contributed by atoms with E-state index < -0.39 is 0 Å². The number of rotatable bonds is 2. The van der Waals surface area contributed by atoms with Crippen molar-refractivity contribution in [1.29, 1.82) is 0 Å². The van der Waals surface area contributed by atoms with Crippen LogP contribution >= 0.6 is 11.6 Å². The summed E-state index contributed by atoms with van der Waals surface area (Å²) in [7, 11) is 0. The third-order valence-corrected chi connectivity index (χ3v) is 5.05. The van der Waals surface area contributed by atoms with E-state index in [4.69, 9.17) is 16.3 Å². The van der Waals surface area contributed by atoms with Crippen LogP contribution in [0.25, 0.3) is 11.0 Å². The van der Waals surface area contributed by atoms with Crippen LogP contribution in [0, 0.1) is 0 Å². The molecule has 2 fully saturated rings. The standard InChI is InChI=1S/C16H21ClN4O/c1-11-10-22-9-8-20(11)14-13-6-7-21(12-4-2-3-5-12)15(13)19-16(17)18-14/h6-7,11-12H,2-5,8-10H2,1H3/t11-/m1/s1. The van der Waals surface area contributed by atoms with Gasteiger partial charge in [0.15, 0.2) is 0 Å². The van der Waals surface area contributed by atoms with Gasteiger partial charge in [-0.05, 0) is 37.4 Å². The molecule has 2 aromatic rings. The average molecular weight is 321 g/mol. The molecule has 0 aromatic carbocycles. The zero-order chi connectivity index (χ0) is 15.1. The van der Waals surface area contributed by atoms with Gasteiger partial charge in [0, 0.05) is 18.8 Å². The van der Waals surface area contributed by atoms with Gasteiger partial charge in [-0.3, -0.25) is 0 Å². The minimum atomic E-state index is 0.303. The first kappa shape index (κ1) is 14.3. The van der Waals surface area contributed by atoms with E-state index in [9.17, 15) is 0 Å². The molecular formula is C16H21ClN4O. The SMILES string of the molecule is C[C@@H]1COCCN1c1nc(Cl)nc2c1ccn2C1CCCC1. The van der Waals surface area contributed by atoms with Gasteiger partial charge in [0.25, 0.3) is 0 Å². The number of hydrogen-bond acceptors (Lipinski definition) is 4. The second kappa shape index (κ2) is 5.70. The van der Waals surface area contributed by atoms with Crippen molar-refractivity contribution >= 4 is 28.5 Å². The molecule has 6 heteroatoms. The zero-order valence-electron chi connectivity index (χ0n) is 12.8. The zero-order valence-corrected chi connectivity index (χ0v) is 13.6. The van der Waals surface area contributed by atoms with Crippen molar-refractivity contribution < 1.29 is 4.74 Å². The second-order valence-corrected chi connectivity index (χ2v) is 6.67. The molecule has 22 heavy (non-hydrogen) atoms. The van der Waals surface area contributed by atoms with Crippen molar-refractivity contribution in [2.75, 3.05) is 24.7 Å². The molecular weight excluding hydrogens is 300 g/mol. The fourth-order valence-electron chi connectivity index (χ4n) is 3.73. The molecule has 3 heterocycles. The summed E-state index contributed by atoms with van der Waals surface area (Å²) in [4.78, 5) is 11.3. The van der Waals surface area contributed by atoms with E-state index in [1.54, 1.807) is 0 Å². The van der Waals surface area contributed by atoms with Crippen LogP contribution in [-0.2, 0) is 4.74 Å². The molecule has 0 unspecified atom stereocenters. The Balaban J connectivity index is 1.81. The van der Waals surface area contributed by atoms with Gasteiger partial charge in [0.2, 0.25) is 5.28 Å². The number of anilines is 1. The van der Waals surface area contributed by atoms with Gasteiger partial charge in [-0.25, -0.2) is 0 Å². The van der Waals surface area contributed by atoms with E-state index in [1.807, 2.05) is 0 Å². The first-order chi connectivity index (χ1) is 10.7. The predicted molar refractivity (Wildman–Crippen MR) is 87.7 cm³/mol. The highest BCUT2D eigenvalue weighted by atomic mass is 35.5. The van der Waals surface area contributed by atoms with E-state index in [0.717, 1.165) is 36.6 Å². The highest BCUT2D eigenvalue weighted by Gasteiger charge is 2.25. The van der Waals surface area contributed by atoms with Crippen molar-refractivity contribution in [1.82, 2.24) is 14.5 Å². The van der Waals surface area contributed by atoms with Crippen LogP contribution in [0.2, 0.25) is 5.28 Å². The summed E-state index contributed by atoms with van der Waals surface area (Å²) in [6.07, 6.45) is 7.22. The first-order valence-electron chi connectivity index (χ1n) is 8.12. The van der Waals surface area contributed by atoms with E-state index in [-0.39, 0.29) is 0 Å². The maximum absolute atomic E-state index is 6.23. The van der Waals surface area contributed by atoms with Crippen molar-refractivity contribution in [2.24, 2.45) is 0 Å². The van der Waals surface area contributed by atoms with Crippen molar-refractivity contribution in [3.05, 3.63) is 17.5 Å². The largest absolute Gasteiger partial charge is 0.377 e. The maximum atomic E-state index is 6.23. The van der Waals surface area contributed by atoms with Crippen LogP contribution in [-0.4, -0.2) is 40.3 Å². The maximum Gasteiger partial charge on any atom is 0.226 e. The number of aromatic nitrogens is 3. The smallest absolute Gasteiger partial charge is 0.226 e. The van der Waals surface area contributed by atoms with Crippen LogP contribution in [0.15, 0.2) is 12.3 Å². The minimum Gasteiger partial charge on any atom is -0.377 e. The molecule has 1 saturated carbocycles. The molecule has 0 N–H and O–H groups in total. The summed E-state index contributed by atoms with van der Waals surface area (Å²) in [5.74, 6) is 0.947. The lowest BCUT2D eigenvalue weighted by Crippen LogP contribution is -2.44. The topological polar surface area (TPSA) is 43.2 Å². The number of morpholine rings is 1. The summed E-state index contributed by atoms with van der Waals surface area (Å²) < 4.78 is 7.84. The second-order valence-electron chi connectivity index (χ2n) is 6.33. The quantitative estimate of drug-likeness (QED) is 0.795. The van der Waals surface area contributed by atoms with E-state index in [2.05, 4.69) is 38.6 Å². The number of nitrogens with zero attached hydrogens (tertiary/aromatic N) is 4. The van der Waals surface area contributed by atoms with Crippen molar-refractivity contribution in [3.63, 3.8) is 0 Å². The first-order valence-corrected chi connectivity index (χ1v) is 8.50. The van der Waals surface area contributed by atoms with Crippen LogP contribution in [0.3, 0.4) is 0 Å². The Morgan fingerprint density at radius 1 is 1.27 bits per heavy atom. The Morgan fingerprint density at radius 2 is 2.09 bits per heavy atom. The van der Waals surface area contributed by atoms with Crippen LogP contribution in [0.1, 0.15) is 38.6 Å². The molecule has 0 bridgehead atoms. The molecule has 0 amide bonds. The molecule has 2 aliphatic rings. The monoisotopic (exact) mass is 320 g/mol. The molecule has 4 rings (SSSR count). The molecule has 0 radical (unpaired) electrons. The predicted octanol–water partition coefficient (Wildman–Crippen LogP) is 3.42. The number of ether oxygens (including phenoxy) is 1. The molecule has 0 spiro atoms. The molecule has 1 aliphatic heterocycles. The summed E-state index contributed by atoms with van der Waals surface area (Å²) >= 11 is 6.23. The van der Waals surface area contributed by atoms with E-state index in [1.165, 1.54) is 25.7 Å². The van der Waals surface area contributed by atoms with Gasteiger partial charge < -0.3 is 14.2 Å². The van der Waals surface area contributed by atoms with Crippen LogP contribution < -0.4 is 4.90 Å². The fourth-order valence-corrected chi connectivity index (χ4v) is 3.89. The normalized spacial score (nSPS) is 23.5. The Labute approximate surface area is 135 Å². The fraction of sp³-hybridized carbons (Fsp3) is 0.625. The number of fused-ring (bicyclic) bond motifs is 1. The summed E-state index contributed by atoms with van der Waals surface area (Å²) in [5.41, 5.74) is 0.973. The number of halogens is 1. The lowest BCUT2D eigenvalue weighted by molar-refractivity contribution is 0.0987. The molecule has 1 atom stereocenters. The van der Waals surface area contributed by atoms with Gasteiger partial charge in [0.1, 0.15) is 11.5 Å². The molecule has 5 nitrogen and oxygen atoms in total. The van der Waals surface area contributed by atoms with Crippen LogP contribution in [0.5, 0.6) is 0 Å². The summed E-state index contributed by atoms with van der Waals surface area (Å²) in [5, 5.41) is 1.43. The molecule has 1 aliphatic carbocycles. The van der Waals surface area contributed by atoms with Crippen LogP contribution in [0.4, 0.5) is 5.82 Å². The third-order valence-electron chi connectivity index (χ3n) is 4.88. The summed E-state index contributed by atoms with van der Waals surface area (Å²) in [6.45, 7) is 4.47. The summed E-state index contributed by atoms with van der Waals surface area (Å²) in [6, 6.07) is 3.00. The van der Waals surface area contributed by atoms with Crippen molar-refractivity contribution in [2.45, 2.75) is 44.7 Å². The van der Waals surface area contributed by atoms with Gasteiger partial charge in [-0.2, -0.15) is 9.97 Å². The Hall–Kier alpha value is -1.33. The average Bonchev–Trinajstić information content (AvgIpc) is 3.15.